The van der Waals surface area contributed by atoms with E-state index in [9.17, 15) is 0 Å². The Kier molecular flexibility index (Phi) is 3.41. The lowest BCUT2D eigenvalue weighted by Gasteiger charge is -2.23. The first-order valence-electron chi connectivity index (χ1n) is 5.47. The van der Waals surface area contributed by atoms with Crippen LogP contribution in [0.1, 0.15) is 24.4 Å². The Hall–Kier alpha value is -1.28. The summed E-state index contributed by atoms with van der Waals surface area (Å²) in [6.07, 6.45) is 4.45. The molecule has 0 fully saturated rings. The van der Waals surface area contributed by atoms with Gasteiger partial charge < -0.3 is 10.1 Å². The minimum Gasteiger partial charge on any atom is -0.496 e. The van der Waals surface area contributed by atoms with Crippen LogP contribution in [0.2, 0.25) is 0 Å². The van der Waals surface area contributed by atoms with E-state index in [-0.39, 0.29) is 6.04 Å². The number of benzene rings is 1. The first-order chi connectivity index (χ1) is 7.42. The van der Waals surface area contributed by atoms with E-state index >= 15 is 0 Å². The van der Waals surface area contributed by atoms with Gasteiger partial charge in [0.2, 0.25) is 0 Å². The molecule has 1 atom stereocenters. The molecule has 2 rings (SSSR count). The number of hydrogen-bond acceptors (Lipinski definition) is 2. The average Bonchev–Trinajstić information content (AvgIpc) is 2.33. The molecule has 1 heterocycles. The molecule has 0 saturated carbocycles. The van der Waals surface area contributed by atoms with Crippen LogP contribution in [0.15, 0.2) is 42.2 Å². The van der Waals surface area contributed by atoms with Gasteiger partial charge in [0.15, 0.2) is 0 Å². The zero-order chi connectivity index (χ0) is 10.5. The van der Waals surface area contributed by atoms with Crippen molar-refractivity contribution in [2.24, 2.45) is 0 Å². The zero-order valence-electron chi connectivity index (χ0n) is 9.07. The molecule has 0 amide bonds. The van der Waals surface area contributed by atoms with Crippen LogP contribution in [0, 0.1) is 0 Å². The highest BCUT2D eigenvalue weighted by molar-refractivity contribution is 5.26. The molecule has 1 unspecified atom stereocenters. The number of nitrogens with one attached hydrogen (secondary N) is 1. The molecule has 0 spiro atoms. The summed E-state index contributed by atoms with van der Waals surface area (Å²) < 4.78 is 5.68. The second-order valence-electron chi connectivity index (χ2n) is 3.73. The first-order valence-corrected chi connectivity index (χ1v) is 5.47. The highest BCUT2D eigenvalue weighted by Gasteiger charge is 2.17. The summed E-state index contributed by atoms with van der Waals surface area (Å²) in [6, 6.07) is 10.6. The van der Waals surface area contributed by atoms with E-state index < -0.39 is 0 Å². The van der Waals surface area contributed by atoms with Crippen LogP contribution in [-0.4, -0.2) is 13.7 Å². The third-order valence-electron chi connectivity index (χ3n) is 2.67. The van der Waals surface area contributed by atoms with Crippen LogP contribution in [0.25, 0.3) is 0 Å². The molecular formula is C13H17NO. The van der Waals surface area contributed by atoms with Crippen molar-refractivity contribution in [3.63, 3.8) is 0 Å². The monoisotopic (exact) mass is 203 g/mol. The average molecular weight is 203 g/mol. The van der Waals surface area contributed by atoms with Gasteiger partial charge in [-0.2, -0.15) is 0 Å². The van der Waals surface area contributed by atoms with E-state index in [0.29, 0.717) is 0 Å². The number of ether oxygens (including phenoxy) is 1. The summed E-state index contributed by atoms with van der Waals surface area (Å²) in [6.45, 7) is 0.844. The Morgan fingerprint density at radius 3 is 2.67 bits per heavy atom. The Labute approximate surface area is 91.0 Å². The van der Waals surface area contributed by atoms with Crippen LogP contribution in [-0.2, 0) is 4.74 Å². The molecule has 0 bridgehead atoms. The second-order valence-corrected chi connectivity index (χ2v) is 3.73. The van der Waals surface area contributed by atoms with Crippen molar-refractivity contribution >= 4 is 0 Å². The molecule has 1 aliphatic heterocycles. The molecule has 1 aromatic rings. The van der Waals surface area contributed by atoms with Crippen molar-refractivity contribution in [1.82, 2.24) is 5.32 Å². The Morgan fingerprint density at radius 2 is 2.07 bits per heavy atom. The first kappa shape index (κ1) is 10.2. The van der Waals surface area contributed by atoms with Gasteiger partial charge >= 0.3 is 0 Å². The Balaban J connectivity index is 2.20. The standard InChI is InChI=1S/C13H17NO/c1-14-13(11-7-3-2-4-8-11)12-9-5-6-10-15-12/h2-4,7-9,13-14H,5-6,10H2,1H3. The second kappa shape index (κ2) is 4.99. The van der Waals surface area contributed by atoms with Gasteiger partial charge in [0.1, 0.15) is 5.76 Å². The number of rotatable bonds is 3. The quantitative estimate of drug-likeness (QED) is 0.815. The molecule has 2 heteroatoms. The van der Waals surface area contributed by atoms with Gasteiger partial charge in [0.25, 0.3) is 0 Å². The van der Waals surface area contributed by atoms with Crippen molar-refractivity contribution in [3.05, 3.63) is 47.7 Å². The predicted molar refractivity (Wildman–Crippen MR) is 61.5 cm³/mol. The van der Waals surface area contributed by atoms with E-state index in [1.807, 2.05) is 13.1 Å². The lowest BCUT2D eigenvalue weighted by atomic mass is 10.0. The number of hydrogen-bond donors (Lipinski definition) is 1. The van der Waals surface area contributed by atoms with Gasteiger partial charge in [0.05, 0.1) is 12.6 Å². The fraction of sp³-hybridized carbons (Fsp3) is 0.385. The van der Waals surface area contributed by atoms with Crippen molar-refractivity contribution in [3.8, 4) is 0 Å². The maximum atomic E-state index is 5.68. The molecule has 15 heavy (non-hydrogen) atoms. The van der Waals surface area contributed by atoms with Crippen LogP contribution >= 0.6 is 0 Å². The number of likely N-dealkylation sites (N-methyl/N-ethyl adjacent to an activating group) is 1. The van der Waals surface area contributed by atoms with Crippen molar-refractivity contribution in [1.29, 1.82) is 0 Å². The lowest BCUT2D eigenvalue weighted by Crippen LogP contribution is -2.21. The van der Waals surface area contributed by atoms with E-state index in [0.717, 1.165) is 25.2 Å². The van der Waals surface area contributed by atoms with Gasteiger partial charge in [-0.3, -0.25) is 0 Å². The summed E-state index contributed by atoms with van der Waals surface area (Å²) >= 11 is 0. The Morgan fingerprint density at radius 1 is 1.27 bits per heavy atom. The Bertz CT molecular complexity index is 332. The molecule has 2 nitrogen and oxygen atoms in total. The SMILES string of the molecule is CNC(C1=CCCCO1)c1ccccc1. The smallest absolute Gasteiger partial charge is 0.113 e. The van der Waals surface area contributed by atoms with Gasteiger partial charge in [0, 0.05) is 0 Å². The van der Waals surface area contributed by atoms with Gasteiger partial charge in [-0.15, -0.1) is 0 Å². The lowest BCUT2D eigenvalue weighted by molar-refractivity contribution is 0.169. The third-order valence-corrected chi connectivity index (χ3v) is 2.67. The molecule has 1 aliphatic rings. The summed E-state index contributed by atoms with van der Waals surface area (Å²) in [5.74, 6) is 1.06. The maximum Gasteiger partial charge on any atom is 0.113 e. The minimum absolute atomic E-state index is 0.200. The molecule has 1 aromatic carbocycles. The van der Waals surface area contributed by atoms with Crippen LogP contribution in [0.3, 0.4) is 0 Å². The topological polar surface area (TPSA) is 21.3 Å². The highest BCUT2D eigenvalue weighted by Crippen LogP contribution is 2.25. The summed E-state index contributed by atoms with van der Waals surface area (Å²) in [7, 11) is 1.97. The van der Waals surface area contributed by atoms with Crippen LogP contribution in [0.5, 0.6) is 0 Å². The highest BCUT2D eigenvalue weighted by atomic mass is 16.5. The fourth-order valence-corrected chi connectivity index (χ4v) is 1.90. The van der Waals surface area contributed by atoms with Crippen molar-refractivity contribution in [2.45, 2.75) is 18.9 Å². The maximum absolute atomic E-state index is 5.68. The normalized spacial score (nSPS) is 17.8. The van der Waals surface area contributed by atoms with E-state index in [2.05, 4.69) is 35.7 Å². The van der Waals surface area contributed by atoms with Crippen molar-refractivity contribution < 1.29 is 4.74 Å². The minimum atomic E-state index is 0.200. The molecular weight excluding hydrogens is 186 g/mol. The van der Waals surface area contributed by atoms with Crippen LogP contribution < -0.4 is 5.32 Å². The fourth-order valence-electron chi connectivity index (χ4n) is 1.90. The molecule has 0 aliphatic carbocycles. The van der Waals surface area contributed by atoms with E-state index in [1.54, 1.807) is 0 Å². The summed E-state index contributed by atoms with van der Waals surface area (Å²) in [5, 5.41) is 3.29. The van der Waals surface area contributed by atoms with E-state index in [1.165, 1.54) is 5.56 Å². The van der Waals surface area contributed by atoms with Crippen molar-refractivity contribution in [2.75, 3.05) is 13.7 Å². The zero-order valence-corrected chi connectivity index (χ0v) is 9.07. The third kappa shape index (κ3) is 2.39. The molecule has 0 aromatic heterocycles. The van der Waals surface area contributed by atoms with E-state index in [4.69, 9.17) is 4.74 Å². The predicted octanol–water partition coefficient (Wildman–Crippen LogP) is 2.64. The molecule has 80 valence electrons. The largest absolute Gasteiger partial charge is 0.496 e. The molecule has 0 radical (unpaired) electrons. The number of allylic oxidation sites excluding steroid dienone is 1. The van der Waals surface area contributed by atoms with Gasteiger partial charge in [-0.25, -0.2) is 0 Å². The molecule has 0 saturated heterocycles. The molecule has 1 N–H and O–H groups in total. The van der Waals surface area contributed by atoms with Gasteiger partial charge in [-0.1, -0.05) is 30.3 Å². The van der Waals surface area contributed by atoms with Gasteiger partial charge in [-0.05, 0) is 31.5 Å². The summed E-state index contributed by atoms with van der Waals surface area (Å²) in [4.78, 5) is 0. The van der Waals surface area contributed by atoms with Crippen LogP contribution in [0.4, 0.5) is 0 Å². The summed E-state index contributed by atoms with van der Waals surface area (Å²) in [5.41, 5.74) is 1.26.